The maximum Gasteiger partial charge on any atom is 0.408 e. The van der Waals surface area contributed by atoms with Gasteiger partial charge in [-0.25, -0.2) is 22.9 Å². The zero-order valence-electron chi connectivity index (χ0n) is 24.6. The highest BCUT2D eigenvalue weighted by Gasteiger charge is 2.47. The van der Waals surface area contributed by atoms with Crippen LogP contribution < -0.4 is 10.6 Å². The van der Waals surface area contributed by atoms with E-state index in [0.717, 1.165) is 19.3 Å². The van der Waals surface area contributed by atoms with E-state index in [0.29, 0.717) is 35.4 Å². The lowest BCUT2D eigenvalue weighted by atomic mass is 9.97. The Hall–Kier alpha value is -4.57. The lowest BCUT2D eigenvalue weighted by Gasteiger charge is -2.20. The number of fused-ring (bicyclic) bond motifs is 1. The van der Waals surface area contributed by atoms with Crippen molar-refractivity contribution in [3.8, 4) is 0 Å². The number of hydrogen-bond acceptors (Lipinski definition) is 9. The summed E-state index contributed by atoms with van der Waals surface area (Å²) in [7, 11) is 0. The van der Waals surface area contributed by atoms with Crippen molar-refractivity contribution in [1.82, 2.24) is 45.5 Å². The molecule has 3 aliphatic rings. The fourth-order valence-corrected chi connectivity index (χ4v) is 5.13. The Morgan fingerprint density at radius 2 is 1.76 bits per heavy atom. The summed E-state index contributed by atoms with van der Waals surface area (Å²) in [6.07, 6.45) is 9.61. The largest absolute Gasteiger partial charge is 0.408 e. The van der Waals surface area contributed by atoms with Crippen LogP contribution in [0.25, 0.3) is 5.65 Å². The Balaban J connectivity index is 0.000000244. The standard InChI is InChI=1S/C19H18F3N7O3.C6H10F2.C4H4N2/c20-19(21,22)13-5-11(17(30)26-13)3-9-4-14-25-12(8-29(14)24-6-9)7-23-18(31)16-15(10-1-2-10)27-32-28-16;7-6(8)4-2-1-3-5-6;1-2-6-4-3-5-1/h4,6,8,10-11,13H,1-3,5,7H2,(H,23,31)(H,26,30);1-5H2;1-4H. The molecule has 46 heavy (non-hydrogen) atoms. The van der Waals surface area contributed by atoms with Crippen LogP contribution in [-0.2, 0) is 17.8 Å². The molecule has 246 valence electrons. The van der Waals surface area contributed by atoms with Crippen molar-refractivity contribution in [3.63, 3.8) is 0 Å². The number of amides is 2. The maximum absolute atomic E-state index is 12.9. The Morgan fingerprint density at radius 3 is 2.33 bits per heavy atom. The Kier molecular flexibility index (Phi) is 10.2. The minimum atomic E-state index is -4.46. The van der Waals surface area contributed by atoms with Crippen molar-refractivity contribution in [2.24, 2.45) is 5.92 Å². The third kappa shape index (κ3) is 9.00. The number of hydrogen-bond donors (Lipinski definition) is 2. The van der Waals surface area contributed by atoms with Crippen molar-refractivity contribution >= 4 is 17.5 Å². The Labute approximate surface area is 259 Å². The second-order valence-electron chi connectivity index (χ2n) is 11.4. The fraction of sp³-hybridized carbons (Fsp3) is 0.517. The van der Waals surface area contributed by atoms with Gasteiger partial charge in [-0.1, -0.05) is 11.6 Å². The van der Waals surface area contributed by atoms with Crippen LogP contribution in [0.15, 0.2) is 47.9 Å². The summed E-state index contributed by atoms with van der Waals surface area (Å²) >= 11 is 0. The maximum atomic E-state index is 12.9. The van der Waals surface area contributed by atoms with Crippen LogP contribution in [0.2, 0.25) is 0 Å². The fourth-order valence-electron chi connectivity index (χ4n) is 5.13. The molecular weight excluding hydrogens is 617 g/mol. The minimum absolute atomic E-state index is 0.118. The summed E-state index contributed by atoms with van der Waals surface area (Å²) in [5, 5.41) is 16.4. The minimum Gasteiger partial charge on any atom is -0.345 e. The molecule has 7 rings (SSSR count). The molecule has 1 aliphatic heterocycles. The lowest BCUT2D eigenvalue weighted by molar-refractivity contribution is -0.154. The SMILES string of the molecule is FC1(F)CCCCC1.O=C(NCc1cn2ncc(CC3CC(C(F)(F)F)NC3=O)cc2n1)c1nonc1C1CC1.c1cnccn1. The van der Waals surface area contributed by atoms with Gasteiger partial charge in [0.15, 0.2) is 11.3 Å². The number of carbonyl (C=O) groups excluding carboxylic acids is 2. The molecule has 0 bridgehead atoms. The third-order valence-corrected chi connectivity index (χ3v) is 7.70. The first kappa shape index (κ1) is 32.8. The Morgan fingerprint density at radius 1 is 1.07 bits per heavy atom. The van der Waals surface area contributed by atoms with Gasteiger partial charge >= 0.3 is 6.18 Å². The second kappa shape index (κ2) is 14.2. The first-order valence-corrected chi connectivity index (χ1v) is 14.9. The average molecular weight is 650 g/mol. The van der Waals surface area contributed by atoms with Crippen LogP contribution in [-0.4, -0.2) is 64.8 Å². The van der Waals surface area contributed by atoms with E-state index in [4.69, 9.17) is 0 Å². The van der Waals surface area contributed by atoms with Crippen LogP contribution in [0.1, 0.15) is 84.7 Å². The predicted octanol–water partition coefficient (Wildman–Crippen LogP) is 4.59. The molecule has 1 saturated heterocycles. The van der Waals surface area contributed by atoms with Gasteiger partial charge in [0.1, 0.15) is 11.7 Å². The van der Waals surface area contributed by atoms with E-state index < -0.39 is 35.9 Å². The van der Waals surface area contributed by atoms with Gasteiger partial charge in [0.25, 0.3) is 5.91 Å². The molecule has 2 aliphatic carbocycles. The summed E-state index contributed by atoms with van der Waals surface area (Å²) in [5.74, 6) is -3.92. The second-order valence-corrected chi connectivity index (χ2v) is 11.4. The zero-order chi connectivity index (χ0) is 32.7. The average Bonchev–Trinajstić information content (AvgIpc) is 3.41. The highest BCUT2D eigenvalue weighted by molar-refractivity contribution is 5.93. The van der Waals surface area contributed by atoms with Crippen LogP contribution in [0.3, 0.4) is 0 Å². The number of nitrogens with one attached hydrogen (secondary N) is 2. The highest BCUT2D eigenvalue weighted by atomic mass is 19.4. The molecule has 0 spiro atoms. The molecule has 0 radical (unpaired) electrons. The van der Waals surface area contributed by atoms with E-state index in [1.807, 2.05) is 5.32 Å². The number of rotatable bonds is 6. The van der Waals surface area contributed by atoms with E-state index in [9.17, 15) is 31.5 Å². The van der Waals surface area contributed by atoms with Crippen molar-refractivity contribution in [2.75, 3.05) is 0 Å². The Bertz CT molecular complexity index is 1570. The van der Waals surface area contributed by atoms with Crippen molar-refractivity contribution in [1.29, 1.82) is 0 Å². The molecular formula is C29H32F5N9O3. The van der Waals surface area contributed by atoms with Crippen molar-refractivity contribution in [3.05, 3.63) is 65.9 Å². The van der Waals surface area contributed by atoms with Crippen LogP contribution in [0, 0.1) is 5.92 Å². The van der Waals surface area contributed by atoms with Crippen molar-refractivity contribution in [2.45, 2.75) is 88.4 Å². The lowest BCUT2D eigenvalue weighted by Crippen LogP contribution is -2.38. The first-order valence-electron chi connectivity index (χ1n) is 14.9. The number of nitrogens with zero attached hydrogens (tertiary/aromatic N) is 7. The van der Waals surface area contributed by atoms with E-state index in [1.165, 1.54) is 10.7 Å². The van der Waals surface area contributed by atoms with Gasteiger partial charge in [-0.2, -0.15) is 18.3 Å². The quantitative estimate of drug-likeness (QED) is 0.286. The van der Waals surface area contributed by atoms with E-state index in [-0.39, 0.29) is 43.8 Å². The zero-order valence-corrected chi connectivity index (χ0v) is 24.6. The molecule has 2 N–H and O–H groups in total. The number of aromatic nitrogens is 7. The number of imidazole rings is 1. The molecule has 2 atom stereocenters. The highest BCUT2D eigenvalue weighted by Crippen LogP contribution is 2.40. The predicted molar refractivity (Wildman–Crippen MR) is 150 cm³/mol. The normalized spacial score (nSPS) is 20.6. The van der Waals surface area contributed by atoms with Crippen LogP contribution in [0.4, 0.5) is 22.0 Å². The summed E-state index contributed by atoms with van der Waals surface area (Å²) < 4.78 is 69.2. The van der Waals surface area contributed by atoms with Crippen LogP contribution in [0.5, 0.6) is 0 Å². The molecule has 12 nitrogen and oxygen atoms in total. The van der Waals surface area contributed by atoms with Gasteiger partial charge in [-0.05, 0) is 55.3 Å². The summed E-state index contributed by atoms with van der Waals surface area (Å²) in [5.41, 5.74) is 2.32. The molecule has 4 aromatic rings. The summed E-state index contributed by atoms with van der Waals surface area (Å²) in [6, 6.07) is -0.155. The number of alkyl halides is 5. The van der Waals surface area contributed by atoms with E-state index in [2.05, 4.69) is 40.3 Å². The molecule has 2 saturated carbocycles. The molecule has 4 aromatic heterocycles. The van der Waals surface area contributed by atoms with E-state index >= 15 is 0 Å². The monoisotopic (exact) mass is 649 g/mol. The molecule has 2 amide bonds. The topological polar surface area (TPSA) is 153 Å². The van der Waals surface area contributed by atoms with Gasteiger partial charge in [0.2, 0.25) is 11.8 Å². The van der Waals surface area contributed by atoms with Gasteiger partial charge in [0.05, 0.1) is 24.6 Å². The number of halogens is 5. The van der Waals surface area contributed by atoms with Gasteiger partial charge < -0.3 is 10.6 Å². The summed E-state index contributed by atoms with van der Waals surface area (Å²) in [6.45, 7) is 0.118. The van der Waals surface area contributed by atoms with Gasteiger partial charge in [-0.3, -0.25) is 19.6 Å². The molecule has 2 unspecified atom stereocenters. The first-order chi connectivity index (χ1) is 22.0. The molecule has 17 heteroatoms. The summed E-state index contributed by atoms with van der Waals surface area (Å²) in [4.78, 5) is 36.1. The smallest absolute Gasteiger partial charge is 0.345 e. The molecule has 0 aromatic carbocycles. The van der Waals surface area contributed by atoms with Gasteiger partial charge in [0, 0.05) is 49.5 Å². The third-order valence-electron chi connectivity index (χ3n) is 7.70. The molecule has 3 fully saturated rings. The number of carbonyl (C=O) groups is 2. The van der Waals surface area contributed by atoms with Gasteiger partial charge in [-0.15, -0.1) is 0 Å². The van der Waals surface area contributed by atoms with E-state index in [1.54, 1.807) is 37.1 Å². The molecule has 5 heterocycles. The van der Waals surface area contributed by atoms with Crippen molar-refractivity contribution < 1.29 is 36.2 Å². The van der Waals surface area contributed by atoms with Crippen LogP contribution >= 0.6 is 0 Å².